The third-order valence-corrected chi connectivity index (χ3v) is 4.19. The summed E-state index contributed by atoms with van der Waals surface area (Å²) in [6, 6.07) is 0.867. The highest BCUT2D eigenvalue weighted by atomic mass is 35.5. The van der Waals surface area contributed by atoms with Crippen LogP contribution in [0.2, 0.25) is 5.28 Å². The van der Waals surface area contributed by atoms with Crippen molar-refractivity contribution >= 4 is 17.5 Å². The number of halogens is 1. The van der Waals surface area contributed by atoms with Gasteiger partial charge in [-0.15, -0.1) is 0 Å². The van der Waals surface area contributed by atoms with E-state index in [1.165, 1.54) is 32.1 Å². The van der Waals surface area contributed by atoms with Gasteiger partial charge in [0.2, 0.25) is 11.2 Å². The van der Waals surface area contributed by atoms with Gasteiger partial charge in [0.05, 0.1) is 7.11 Å². The van der Waals surface area contributed by atoms with Crippen molar-refractivity contribution in [1.29, 1.82) is 0 Å². The molecule has 18 heavy (non-hydrogen) atoms. The highest BCUT2D eigenvalue weighted by Gasteiger charge is 2.37. The van der Waals surface area contributed by atoms with Gasteiger partial charge in [0.25, 0.3) is 0 Å². The molecule has 1 saturated heterocycles. The first kappa shape index (κ1) is 12.0. The molecule has 1 saturated carbocycles. The molecule has 5 nitrogen and oxygen atoms in total. The molecule has 1 aromatic rings. The van der Waals surface area contributed by atoms with E-state index in [-0.39, 0.29) is 5.28 Å². The topological polar surface area (TPSA) is 51.1 Å². The van der Waals surface area contributed by atoms with Crippen molar-refractivity contribution in [1.82, 2.24) is 15.0 Å². The van der Waals surface area contributed by atoms with Crippen LogP contribution in [0.4, 0.5) is 5.95 Å². The number of ether oxygens (including phenoxy) is 1. The maximum atomic E-state index is 5.91. The van der Waals surface area contributed by atoms with E-state index in [0.717, 1.165) is 12.5 Å². The Labute approximate surface area is 112 Å². The van der Waals surface area contributed by atoms with Crippen LogP contribution < -0.4 is 9.64 Å². The van der Waals surface area contributed by atoms with Gasteiger partial charge in [-0.25, -0.2) is 0 Å². The molecule has 0 amide bonds. The molecule has 3 rings (SSSR count). The van der Waals surface area contributed by atoms with Gasteiger partial charge in [-0.3, -0.25) is 0 Å². The standard InChI is InChI=1S/C12H17ClN4O/c1-18-12-15-10(13)14-11(16-12)17-7-6-8-4-2-3-5-9(8)17/h8-9H,2-7H2,1H3. The Morgan fingerprint density at radius 3 is 2.83 bits per heavy atom. The molecule has 0 spiro atoms. The minimum absolute atomic E-state index is 0.205. The number of hydrogen-bond donors (Lipinski definition) is 0. The Morgan fingerprint density at radius 1 is 1.17 bits per heavy atom. The van der Waals surface area contributed by atoms with Gasteiger partial charge in [-0.1, -0.05) is 12.8 Å². The van der Waals surface area contributed by atoms with Crippen LogP contribution in [0, 0.1) is 5.92 Å². The first-order chi connectivity index (χ1) is 8.78. The van der Waals surface area contributed by atoms with Crippen molar-refractivity contribution in [2.24, 2.45) is 5.92 Å². The summed E-state index contributed by atoms with van der Waals surface area (Å²) in [5.41, 5.74) is 0. The second-order valence-electron chi connectivity index (χ2n) is 4.99. The fourth-order valence-electron chi connectivity index (χ4n) is 3.20. The molecule has 0 N–H and O–H groups in total. The number of methoxy groups -OCH3 is 1. The van der Waals surface area contributed by atoms with Crippen LogP contribution in [-0.4, -0.2) is 34.6 Å². The Hall–Kier alpha value is -1.10. The normalized spacial score (nSPS) is 27.1. The summed E-state index contributed by atoms with van der Waals surface area (Å²) < 4.78 is 5.06. The lowest BCUT2D eigenvalue weighted by Crippen LogP contribution is -2.36. The molecule has 2 aliphatic rings. The number of aromatic nitrogens is 3. The minimum atomic E-state index is 0.205. The molecular formula is C12H17ClN4O. The summed E-state index contributed by atoms with van der Waals surface area (Å²) in [6.07, 6.45) is 6.45. The van der Waals surface area contributed by atoms with E-state index in [9.17, 15) is 0 Å². The zero-order valence-electron chi connectivity index (χ0n) is 10.5. The Kier molecular flexibility index (Phi) is 3.24. The summed E-state index contributed by atoms with van der Waals surface area (Å²) in [5, 5.41) is 0.205. The maximum Gasteiger partial charge on any atom is 0.322 e. The summed E-state index contributed by atoms with van der Waals surface area (Å²) >= 11 is 5.91. The third-order valence-electron chi connectivity index (χ3n) is 4.03. The van der Waals surface area contributed by atoms with Gasteiger partial charge < -0.3 is 9.64 Å². The molecule has 0 bridgehead atoms. The smallest absolute Gasteiger partial charge is 0.322 e. The van der Waals surface area contributed by atoms with E-state index in [2.05, 4.69) is 19.9 Å². The number of anilines is 1. The largest absolute Gasteiger partial charge is 0.467 e. The van der Waals surface area contributed by atoms with E-state index < -0.39 is 0 Å². The highest BCUT2D eigenvalue weighted by molar-refractivity contribution is 6.28. The van der Waals surface area contributed by atoms with Crippen LogP contribution in [0.1, 0.15) is 32.1 Å². The first-order valence-electron chi connectivity index (χ1n) is 6.50. The van der Waals surface area contributed by atoms with Crippen LogP contribution >= 0.6 is 11.6 Å². The maximum absolute atomic E-state index is 5.91. The predicted molar refractivity (Wildman–Crippen MR) is 69.1 cm³/mol. The Balaban J connectivity index is 1.88. The second kappa shape index (κ2) is 4.88. The average Bonchev–Trinajstić information content (AvgIpc) is 2.81. The quantitative estimate of drug-likeness (QED) is 0.824. The monoisotopic (exact) mass is 268 g/mol. The van der Waals surface area contributed by atoms with Crippen molar-refractivity contribution in [3.63, 3.8) is 0 Å². The molecule has 0 radical (unpaired) electrons. The highest BCUT2D eigenvalue weighted by Crippen LogP contribution is 2.37. The Morgan fingerprint density at radius 2 is 2.00 bits per heavy atom. The van der Waals surface area contributed by atoms with Crippen molar-refractivity contribution < 1.29 is 4.74 Å². The van der Waals surface area contributed by atoms with Gasteiger partial charge >= 0.3 is 6.01 Å². The van der Waals surface area contributed by atoms with E-state index in [4.69, 9.17) is 16.3 Å². The molecule has 98 valence electrons. The molecule has 0 aromatic carbocycles. The lowest BCUT2D eigenvalue weighted by molar-refractivity contribution is 0.339. The zero-order chi connectivity index (χ0) is 12.5. The fourth-order valence-corrected chi connectivity index (χ4v) is 3.34. The van der Waals surface area contributed by atoms with Crippen molar-refractivity contribution in [2.75, 3.05) is 18.6 Å². The summed E-state index contributed by atoms with van der Waals surface area (Å²) in [6.45, 7) is 1.01. The minimum Gasteiger partial charge on any atom is -0.467 e. The lowest BCUT2D eigenvalue weighted by Gasteiger charge is -2.31. The SMILES string of the molecule is COc1nc(Cl)nc(N2CCC3CCCCC32)n1. The molecule has 2 unspecified atom stereocenters. The molecule has 6 heteroatoms. The van der Waals surface area contributed by atoms with E-state index in [1.807, 2.05) is 0 Å². The fraction of sp³-hybridized carbons (Fsp3) is 0.750. The van der Waals surface area contributed by atoms with Crippen molar-refractivity contribution in [2.45, 2.75) is 38.1 Å². The molecule has 2 atom stereocenters. The number of hydrogen-bond acceptors (Lipinski definition) is 5. The summed E-state index contributed by atoms with van der Waals surface area (Å²) in [5.74, 6) is 1.46. The molecule has 1 aliphatic heterocycles. The van der Waals surface area contributed by atoms with Crippen molar-refractivity contribution in [3.8, 4) is 6.01 Å². The van der Waals surface area contributed by atoms with Crippen LogP contribution in [0.15, 0.2) is 0 Å². The zero-order valence-corrected chi connectivity index (χ0v) is 11.2. The number of fused-ring (bicyclic) bond motifs is 1. The van der Waals surface area contributed by atoms with Crippen LogP contribution in [0.3, 0.4) is 0 Å². The van der Waals surface area contributed by atoms with Gasteiger partial charge in [0.15, 0.2) is 0 Å². The van der Waals surface area contributed by atoms with Crippen LogP contribution in [-0.2, 0) is 0 Å². The molecule has 2 fully saturated rings. The predicted octanol–water partition coefficient (Wildman–Crippen LogP) is 2.30. The molecule has 1 aromatic heterocycles. The Bertz CT molecular complexity index is 442. The molecular weight excluding hydrogens is 252 g/mol. The van der Waals surface area contributed by atoms with Crippen molar-refractivity contribution in [3.05, 3.63) is 5.28 Å². The summed E-state index contributed by atoms with van der Waals surface area (Å²) in [4.78, 5) is 14.8. The lowest BCUT2D eigenvalue weighted by atomic mass is 9.85. The van der Waals surface area contributed by atoms with Gasteiger partial charge in [-0.2, -0.15) is 15.0 Å². The first-order valence-corrected chi connectivity index (χ1v) is 6.88. The van der Waals surface area contributed by atoms with E-state index in [0.29, 0.717) is 18.0 Å². The van der Waals surface area contributed by atoms with Gasteiger partial charge in [0.1, 0.15) is 0 Å². The average molecular weight is 269 g/mol. The molecule has 1 aliphatic carbocycles. The number of nitrogens with zero attached hydrogens (tertiary/aromatic N) is 4. The third kappa shape index (κ3) is 2.11. The van der Waals surface area contributed by atoms with Crippen LogP contribution in [0.25, 0.3) is 0 Å². The van der Waals surface area contributed by atoms with E-state index in [1.54, 1.807) is 7.11 Å². The van der Waals surface area contributed by atoms with Crippen LogP contribution in [0.5, 0.6) is 6.01 Å². The van der Waals surface area contributed by atoms with Gasteiger partial charge in [-0.05, 0) is 36.8 Å². The number of rotatable bonds is 2. The molecule has 2 heterocycles. The van der Waals surface area contributed by atoms with E-state index >= 15 is 0 Å². The summed E-state index contributed by atoms with van der Waals surface area (Å²) in [7, 11) is 1.54. The second-order valence-corrected chi connectivity index (χ2v) is 5.32. The van der Waals surface area contributed by atoms with Gasteiger partial charge in [0, 0.05) is 12.6 Å².